The number of nitrogens with zero attached hydrogens (tertiary/aromatic N) is 3. The number of rotatable bonds is 5. The molecule has 0 aromatic carbocycles. The number of likely N-dealkylation sites (tertiary alicyclic amines) is 1. The zero-order valence-corrected chi connectivity index (χ0v) is 17.2. The van der Waals surface area contributed by atoms with Gasteiger partial charge in [0.15, 0.2) is 5.78 Å². The van der Waals surface area contributed by atoms with Gasteiger partial charge < -0.3 is 9.64 Å². The van der Waals surface area contributed by atoms with Crippen LogP contribution < -0.4 is 0 Å². The molecule has 1 saturated heterocycles. The SMILES string of the molecule is COCCn1nc([C@@H]2CCCN2C(=O)C=C(C)C)c2c1CC(C)(C)CC2=O. The fourth-order valence-corrected chi connectivity index (χ4v) is 4.28. The lowest BCUT2D eigenvalue weighted by molar-refractivity contribution is -0.127. The molecule has 3 rings (SSSR count). The van der Waals surface area contributed by atoms with Gasteiger partial charge in [0.2, 0.25) is 5.91 Å². The van der Waals surface area contributed by atoms with Crippen LogP contribution in [0.4, 0.5) is 0 Å². The molecule has 0 bridgehead atoms. The number of allylic oxidation sites excluding steroid dienone is 1. The lowest BCUT2D eigenvalue weighted by Crippen LogP contribution is -2.32. The van der Waals surface area contributed by atoms with E-state index in [9.17, 15) is 9.59 Å². The molecule has 1 aliphatic carbocycles. The number of aromatic nitrogens is 2. The summed E-state index contributed by atoms with van der Waals surface area (Å²) >= 11 is 0. The zero-order chi connectivity index (χ0) is 19.8. The predicted molar refractivity (Wildman–Crippen MR) is 104 cm³/mol. The van der Waals surface area contributed by atoms with E-state index < -0.39 is 0 Å². The van der Waals surface area contributed by atoms with Crippen molar-refractivity contribution < 1.29 is 14.3 Å². The van der Waals surface area contributed by atoms with E-state index in [1.165, 1.54) is 0 Å². The van der Waals surface area contributed by atoms with E-state index in [1.807, 2.05) is 23.4 Å². The summed E-state index contributed by atoms with van der Waals surface area (Å²) in [6, 6.07) is -0.115. The summed E-state index contributed by atoms with van der Waals surface area (Å²) in [5.74, 6) is 0.169. The standard InChI is InChI=1S/C21H31N3O3/c1-14(2)11-18(26)23-8-6-7-15(23)20-19-16(24(22-20)9-10-27-5)12-21(3,4)13-17(19)25/h11,15H,6-10,12-13H2,1-5H3/t15-/m0/s1. The van der Waals surface area contributed by atoms with Gasteiger partial charge in [-0.15, -0.1) is 0 Å². The first kappa shape index (κ1) is 19.8. The number of hydrogen-bond acceptors (Lipinski definition) is 4. The Morgan fingerprint density at radius 1 is 1.33 bits per heavy atom. The summed E-state index contributed by atoms with van der Waals surface area (Å²) in [5, 5.41) is 4.84. The van der Waals surface area contributed by atoms with Crippen LogP contribution in [0.15, 0.2) is 11.6 Å². The number of ketones is 1. The summed E-state index contributed by atoms with van der Waals surface area (Å²) in [5.41, 5.74) is 3.46. The highest BCUT2D eigenvalue weighted by Crippen LogP contribution is 2.41. The minimum Gasteiger partial charge on any atom is -0.383 e. The maximum absolute atomic E-state index is 13.0. The number of amides is 1. The molecule has 1 amide bonds. The largest absolute Gasteiger partial charge is 0.383 e. The third-order valence-electron chi connectivity index (χ3n) is 5.42. The molecule has 0 unspecified atom stereocenters. The summed E-state index contributed by atoms with van der Waals surface area (Å²) in [4.78, 5) is 27.6. The molecule has 6 heteroatoms. The van der Waals surface area contributed by atoms with Crippen LogP contribution in [0.3, 0.4) is 0 Å². The molecular formula is C21H31N3O3. The fraction of sp³-hybridized carbons (Fsp3) is 0.667. The Kier molecular flexibility index (Phi) is 5.56. The van der Waals surface area contributed by atoms with Crippen LogP contribution in [0.2, 0.25) is 0 Å². The molecule has 1 aromatic heterocycles. The van der Waals surface area contributed by atoms with Gasteiger partial charge in [0, 0.05) is 26.2 Å². The third-order valence-corrected chi connectivity index (χ3v) is 5.42. The number of fused-ring (bicyclic) bond motifs is 1. The Morgan fingerprint density at radius 3 is 2.74 bits per heavy atom. The normalized spacial score (nSPS) is 21.3. The van der Waals surface area contributed by atoms with Crippen LogP contribution in [0.1, 0.15) is 74.7 Å². The molecule has 6 nitrogen and oxygen atoms in total. The molecule has 0 saturated carbocycles. The number of ether oxygens (including phenoxy) is 1. The molecule has 1 aromatic rings. The van der Waals surface area contributed by atoms with Crippen molar-refractivity contribution in [3.05, 3.63) is 28.6 Å². The number of methoxy groups -OCH3 is 1. The van der Waals surface area contributed by atoms with Crippen LogP contribution in [0.25, 0.3) is 0 Å². The van der Waals surface area contributed by atoms with Gasteiger partial charge in [-0.05, 0) is 38.5 Å². The van der Waals surface area contributed by atoms with Gasteiger partial charge in [-0.3, -0.25) is 14.3 Å². The highest BCUT2D eigenvalue weighted by molar-refractivity contribution is 6.00. The minimum atomic E-state index is -0.115. The lowest BCUT2D eigenvalue weighted by Gasteiger charge is -2.30. The van der Waals surface area contributed by atoms with Gasteiger partial charge in [-0.1, -0.05) is 19.4 Å². The average molecular weight is 373 g/mol. The van der Waals surface area contributed by atoms with Crippen LogP contribution in [0, 0.1) is 5.41 Å². The third kappa shape index (κ3) is 4.00. The van der Waals surface area contributed by atoms with Crippen LogP contribution >= 0.6 is 0 Å². The monoisotopic (exact) mass is 373 g/mol. The Balaban J connectivity index is 2.03. The Bertz CT molecular complexity index is 772. The second-order valence-corrected chi connectivity index (χ2v) is 8.78. The van der Waals surface area contributed by atoms with Gasteiger partial charge in [0.05, 0.1) is 36.1 Å². The van der Waals surface area contributed by atoms with E-state index >= 15 is 0 Å². The Morgan fingerprint density at radius 2 is 2.07 bits per heavy atom. The molecule has 148 valence electrons. The first-order valence-corrected chi connectivity index (χ1v) is 9.81. The van der Waals surface area contributed by atoms with Crippen molar-refractivity contribution in [2.75, 3.05) is 20.3 Å². The first-order valence-electron chi connectivity index (χ1n) is 9.81. The van der Waals surface area contributed by atoms with Crippen LogP contribution in [0.5, 0.6) is 0 Å². The van der Waals surface area contributed by atoms with E-state index in [2.05, 4.69) is 13.8 Å². The summed E-state index contributed by atoms with van der Waals surface area (Å²) in [6.07, 6.45) is 4.81. The van der Waals surface area contributed by atoms with Crippen molar-refractivity contribution >= 4 is 11.7 Å². The topological polar surface area (TPSA) is 64.4 Å². The highest BCUT2D eigenvalue weighted by Gasteiger charge is 2.41. The van der Waals surface area contributed by atoms with E-state index in [4.69, 9.17) is 9.84 Å². The molecule has 0 N–H and O–H groups in total. The van der Waals surface area contributed by atoms with E-state index in [1.54, 1.807) is 13.2 Å². The number of hydrogen-bond donors (Lipinski definition) is 0. The molecule has 2 aliphatic rings. The molecular weight excluding hydrogens is 342 g/mol. The Hall–Kier alpha value is -1.95. The highest BCUT2D eigenvalue weighted by atomic mass is 16.5. The van der Waals surface area contributed by atoms with Crippen molar-refractivity contribution in [2.45, 2.75) is 66.0 Å². The van der Waals surface area contributed by atoms with Gasteiger partial charge in [0.1, 0.15) is 0 Å². The second kappa shape index (κ2) is 7.58. The first-order chi connectivity index (χ1) is 12.7. The molecule has 0 spiro atoms. The second-order valence-electron chi connectivity index (χ2n) is 8.78. The predicted octanol–water partition coefficient (Wildman–Crippen LogP) is 3.31. The summed E-state index contributed by atoms with van der Waals surface area (Å²) in [7, 11) is 1.67. The van der Waals surface area contributed by atoms with Crippen molar-refractivity contribution in [3.8, 4) is 0 Å². The molecule has 1 fully saturated rings. The van der Waals surface area contributed by atoms with Crippen LogP contribution in [-0.2, 0) is 22.5 Å². The zero-order valence-electron chi connectivity index (χ0n) is 17.2. The van der Waals surface area contributed by atoms with Crippen molar-refractivity contribution in [1.82, 2.24) is 14.7 Å². The number of Topliss-reactive ketones (excluding diaryl/α,β-unsaturated/α-hetero) is 1. The average Bonchev–Trinajstić information content (AvgIpc) is 3.15. The van der Waals surface area contributed by atoms with Crippen molar-refractivity contribution in [1.29, 1.82) is 0 Å². The van der Waals surface area contributed by atoms with Gasteiger partial charge >= 0.3 is 0 Å². The van der Waals surface area contributed by atoms with Gasteiger partial charge in [0.25, 0.3) is 0 Å². The maximum Gasteiger partial charge on any atom is 0.247 e. The van der Waals surface area contributed by atoms with Gasteiger partial charge in [-0.2, -0.15) is 5.10 Å². The Labute approximate surface area is 161 Å². The van der Waals surface area contributed by atoms with Crippen molar-refractivity contribution in [2.24, 2.45) is 5.41 Å². The molecule has 1 aliphatic heterocycles. The molecule has 0 radical (unpaired) electrons. The molecule has 27 heavy (non-hydrogen) atoms. The van der Waals surface area contributed by atoms with Crippen LogP contribution in [-0.4, -0.2) is 46.6 Å². The molecule has 2 heterocycles. The quantitative estimate of drug-likeness (QED) is 0.743. The van der Waals surface area contributed by atoms with Gasteiger partial charge in [-0.25, -0.2) is 0 Å². The van der Waals surface area contributed by atoms with Crippen molar-refractivity contribution in [3.63, 3.8) is 0 Å². The summed E-state index contributed by atoms with van der Waals surface area (Å²) in [6.45, 7) is 9.99. The minimum absolute atomic E-state index is 0.0151. The van der Waals surface area contributed by atoms with E-state index in [-0.39, 0.29) is 23.1 Å². The maximum atomic E-state index is 13.0. The summed E-state index contributed by atoms with van der Waals surface area (Å²) < 4.78 is 7.17. The number of carbonyl (C=O) groups is 2. The van der Waals surface area contributed by atoms with E-state index in [0.29, 0.717) is 26.1 Å². The number of carbonyl (C=O) groups excluding carboxylic acids is 2. The fourth-order valence-electron chi connectivity index (χ4n) is 4.28. The van der Waals surface area contributed by atoms with E-state index in [0.717, 1.165) is 41.8 Å². The lowest BCUT2D eigenvalue weighted by atomic mass is 9.75. The smallest absolute Gasteiger partial charge is 0.247 e. The molecule has 1 atom stereocenters.